The Morgan fingerprint density at radius 1 is 1.19 bits per heavy atom. The quantitative estimate of drug-likeness (QED) is 0.854. The molecule has 0 aliphatic rings. The standard InChI is InChI=1S/C16H14BrF2NO/c1-2-15(10-3-5-11(17)6-4-10)20-16(21)13-9-12(18)7-8-14(13)19/h3-9,15H,2H2,1H3,(H,20,21). The summed E-state index contributed by atoms with van der Waals surface area (Å²) >= 11 is 3.34. The third kappa shape index (κ3) is 3.88. The molecule has 0 aliphatic carbocycles. The second kappa shape index (κ2) is 6.80. The van der Waals surface area contributed by atoms with Gasteiger partial charge in [0.05, 0.1) is 11.6 Å². The van der Waals surface area contributed by atoms with Gasteiger partial charge in [0.15, 0.2) is 0 Å². The molecule has 0 heterocycles. The van der Waals surface area contributed by atoms with Crippen LogP contribution < -0.4 is 5.32 Å². The molecule has 1 amide bonds. The highest BCUT2D eigenvalue weighted by Crippen LogP contribution is 2.20. The summed E-state index contributed by atoms with van der Waals surface area (Å²) in [5.41, 5.74) is 0.622. The van der Waals surface area contributed by atoms with Crippen LogP contribution in [0.15, 0.2) is 46.9 Å². The van der Waals surface area contributed by atoms with Crippen LogP contribution in [0.4, 0.5) is 8.78 Å². The number of rotatable bonds is 4. The van der Waals surface area contributed by atoms with Gasteiger partial charge in [-0.1, -0.05) is 35.0 Å². The maximum Gasteiger partial charge on any atom is 0.254 e. The SMILES string of the molecule is CCC(NC(=O)c1cc(F)ccc1F)c1ccc(Br)cc1. The first-order chi connectivity index (χ1) is 10.0. The number of hydrogen-bond donors (Lipinski definition) is 1. The molecular weight excluding hydrogens is 340 g/mol. The summed E-state index contributed by atoms with van der Waals surface area (Å²) in [5.74, 6) is -2.00. The lowest BCUT2D eigenvalue weighted by Gasteiger charge is -2.18. The van der Waals surface area contributed by atoms with E-state index in [2.05, 4.69) is 21.2 Å². The fourth-order valence-corrected chi connectivity index (χ4v) is 2.29. The van der Waals surface area contributed by atoms with Gasteiger partial charge in [0.2, 0.25) is 0 Å². The Morgan fingerprint density at radius 2 is 1.86 bits per heavy atom. The molecule has 2 aromatic carbocycles. The monoisotopic (exact) mass is 353 g/mol. The lowest BCUT2D eigenvalue weighted by molar-refractivity contribution is 0.0931. The van der Waals surface area contributed by atoms with E-state index in [1.165, 1.54) is 0 Å². The van der Waals surface area contributed by atoms with Crippen molar-refractivity contribution in [1.29, 1.82) is 0 Å². The summed E-state index contributed by atoms with van der Waals surface area (Å²) in [6.07, 6.45) is 0.643. The third-order valence-electron chi connectivity index (χ3n) is 3.16. The molecule has 0 fully saturated rings. The molecular formula is C16H14BrF2NO. The van der Waals surface area contributed by atoms with Gasteiger partial charge in [-0.05, 0) is 42.3 Å². The van der Waals surface area contributed by atoms with Crippen LogP contribution in [0.2, 0.25) is 0 Å². The number of hydrogen-bond acceptors (Lipinski definition) is 1. The van der Waals surface area contributed by atoms with Crippen LogP contribution in [-0.2, 0) is 0 Å². The fourth-order valence-electron chi connectivity index (χ4n) is 2.02. The van der Waals surface area contributed by atoms with E-state index in [0.717, 1.165) is 28.2 Å². The number of carbonyl (C=O) groups excluding carboxylic acids is 1. The summed E-state index contributed by atoms with van der Waals surface area (Å²) in [6.45, 7) is 1.91. The topological polar surface area (TPSA) is 29.1 Å². The van der Waals surface area contributed by atoms with Gasteiger partial charge in [-0.15, -0.1) is 0 Å². The van der Waals surface area contributed by atoms with E-state index in [-0.39, 0.29) is 11.6 Å². The first kappa shape index (κ1) is 15.6. The molecule has 0 saturated carbocycles. The zero-order chi connectivity index (χ0) is 15.4. The molecule has 21 heavy (non-hydrogen) atoms. The first-order valence-corrected chi connectivity index (χ1v) is 7.32. The maximum atomic E-state index is 13.6. The van der Waals surface area contributed by atoms with Crippen LogP contribution >= 0.6 is 15.9 Å². The third-order valence-corrected chi connectivity index (χ3v) is 3.69. The van der Waals surface area contributed by atoms with Gasteiger partial charge in [0.25, 0.3) is 5.91 Å². The molecule has 1 N–H and O–H groups in total. The van der Waals surface area contributed by atoms with Gasteiger partial charge in [-0.25, -0.2) is 8.78 Å². The zero-order valence-electron chi connectivity index (χ0n) is 11.4. The second-order valence-electron chi connectivity index (χ2n) is 4.61. The molecule has 2 rings (SSSR count). The van der Waals surface area contributed by atoms with Gasteiger partial charge in [-0.2, -0.15) is 0 Å². The minimum absolute atomic E-state index is 0.256. The molecule has 1 unspecified atom stereocenters. The molecule has 0 aromatic heterocycles. The lowest BCUT2D eigenvalue weighted by atomic mass is 10.0. The van der Waals surface area contributed by atoms with Crippen LogP contribution in [0.1, 0.15) is 35.3 Å². The van der Waals surface area contributed by atoms with Crippen LogP contribution in [0, 0.1) is 11.6 Å². The van der Waals surface area contributed by atoms with Crippen molar-refractivity contribution in [2.24, 2.45) is 0 Å². The number of halogens is 3. The van der Waals surface area contributed by atoms with E-state index in [4.69, 9.17) is 0 Å². The Bertz CT molecular complexity index is 643. The molecule has 0 bridgehead atoms. The summed E-state index contributed by atoms with van der Waals surface area (Å²) in [5, 5.41) is 2.73. The Balaban J connectivity index is 2.20. The predicted octanol–water partition coefficient (Wildman–Crippen LogP) is 4.61. The summed E-state index contributed by atoms with van der Waals surface area (Å²) in [7, 11) is 0. The van der Waals surface area contributed by atoms with Gasteiger partial charge in [0.1, 0.15) is 11.6 Å². The van der Waals surface area contributed by atoms with Crippen molar-refractivity contribution in [2.75, 3.05) is 0 Å². The van der Waals surface area contributed by atoms with Crippen molar-refractivity contribution in [3.05, 3.63) is 69.7 Å². The Morgan fingerprint density at radius 3 is 2.48 bits per heavy atom. The molecule has 0 saturated heterocycles. The highest BCUT2D eigenvalue weighted by atomic mass is 79.9. The molecule has 2 aromatic rings. The van der Waals surface area contributed by atoms with E-state index in [0.29, 0.717) is 6.42 Å². The maximum absolute atomic E-state index is 13.6. The summed E-state index contributed by atoms with van der Waals surface area (Å²) in [6, 6.07) is 10.1. The lowest BCUT2D eigenvalue weighted by Crippen LogP contribution is -2.29. The minimum Gasteiger partial charge on any atom is -0.345 e. The van der Waals surface area contributed by atoms with Crippen molar-refractivity contribution in [3.63, 3.8) is 0 Å². The first-order valence-electron chi connectivity index (χ1n) is 6.52. The predicted molar refractivity (Wildman–Crippen MR) is 81.0 cm³/mol. The molecule has 110 valence electrons. The van der Waals surface area contributed by atoms with Gasteiger partial charge < -0.3 is 5.32 Å². The van der Waals surface area contributed by atoms with E-state index in [9.17, 15) is 13.6 Å². The number of benzene rings is 2. The van der Waals surface area contributed by atoms with Gasteiger partial charge in [-0.3, -0.25) is 4.79 Å². The summed E-state index contributed by atoms with van der Waals surface area (Å²) in [4.78, 5) is 12.1. The van der Waals surface area contributed by atoms with E-state index < -0.39 is 17.5 Å². The molecule has 2 nitrogen and oxygen atoms in total. The van der Waals surface area contributed by atoms with Gasteiger partial charge in [0, 0.05) is 4.47 Å². The molecule has 0 spiro atoms. The molecule has 0 aliphatic heterocycles. The Hall–Kier alpha value is -1.75. The van der Waals surface area contributed by atoms with Gasteiger partial charge >= 0.3 is 0 Å². The normalized spacial score (nSPS) is 12.0. The van der Waals surface area contributed by atoms with Crippen molar-refractivity contribution in [3.8, 4) is 0 Å². The van der Waals surface area contributed by atoms with Crippen molar-refractivity contribution in [1.82, 2.24) is 5.32 Å². The zero-order valence-corrected chi connectivity index (χ0v) is 13.0. The van der Waals surface area contributed by atoms with Crippen molar-refractivity contribution >= 4 is 21.8 Å². The number of amides is 1. The largest absolute Gasteiger partial charge is 0.345 e. The van der Waals surface area contributed by atoms with Crippen LogP contribution in [0.25, 0.3) is 0 Å². The molecule has 1 atom stereocenters. The van der Waals surface area contributed by atoms with Crippen LogP contribution in [-0.4, -0.2) is 5.91 Å². The Labute approximate surface area is 130 Å². The van der Waals surface area contributed by atoms with Crippen LogP contribution in [0.5, 0.6) is 0 Å². The minimum atomic E-state index is -0.737. The fraction of sp³-hybridized carbons (Fsp3) is 0.188. The second-order valence-corrected chi connectivity index (χ2v) is 5.53. The van der Waals surface area contributed by atoms with Crippen molar-refractivity contribution < 1.29 is 13.6 Å². The Kier molecular flexibility index (Phi) is 5.07. The molecule has 0 radical (unpaired) electrons. The van der Waals surface area contributed by atoms with E-state index >= 15 is 0 Å². The van der Waals surface area contributed by atoms with E-state index in [1.54, 1.807) is 0 Å². The average molecular weight is 354 g/mol. The average Bonchev–Trinajstić information content (AvgIpc) is 2.48. The van der Waals surface area contributed by atoms with Crippen molar-refractivity contribution in [2.45, 2.75) is 19.4 Å². The number of carbonyl (C=O) groups is 1. The highest BCUT2D eigenvalue weighted by Gasteiger charge is 2.17. The van der Waals surface area contributed by atoms with Crippen LogP contribution in [0.3, 0.4) is 0 Å². The highest BCUT2D eigenvalue weighted by molar-refractivity contribution is 9.10. The smallest absolute Gasteiger partial charge is 0.254 e. The molecule has 5 heteroatoms. The van der Waals surface area contributed by atoms with E-state index in [1.807, 2.05) is 31.2 Å². The summed E-state index contributed by atoms with van der Waals surface area (Å²) < 4.78 is 27.7. The number of nitrogens with one attached hydrogen (secondary N) is 1.